The van der Waals surface area contributed by atoms with E-state index >= 15 is 0 Å². The van der Waals surface area contributed by atoms with Gasteiger partial charge in [-0.05, 0) is 58.9 Å². The van der Waals surface area contributed by atoms with Crippen LogP contribution in [0.4, 0.5) is 0 Å². The van der Waals surface area contributed by atoms with Crippen LogP contribution in [0.3, 0.4) is 0 Å². The molecule has 0 bridgehead atoms. The molecular weight excluding hydrogens is 474 g/mol. The summed E-state index contributed by atoms with van der Waals surface area (Å²) < 4.78 is 5.58. The minimum Gasteiger partial charge on any atom is -0.465 e. The lowest BCUT2D eigenvalue weighted by atomic mass is 10.0. The van der Waals surface area contributed by atoms with Crippen molar-refractivity contribution < 1.29 is 14.3 Å². The van der Waals surface area contributed by atoms with Gasteiger partial charge in [-0.25, -0.2) is 0 Å². The summed E-state index contributed by atoms with van der Waals surface area (Å²) >= 11 is 0. The number of carbonyl (C=O) groups excluding carboxylic acids is 2. The Labute approximate surface area is 233 Å². The Bertz CT molecular complexity index is 700. The number of hydrogen-bond acceptors (Lipinski definition) is 5. The molecule has 2 atom stereocenters. The van der Waals surface area contributed by atoms with E-state index in [1.165, 1.54) is 57.8 Å². The van der Waals surface area contributed by atoms with Crippen molar-refractivity contribution in [2.24, 2.45) is 5.92 Å². The minimum absolute atomic E-state index is 0.0504. The lowest BCUT2D eigenvalue weighted by Crippen LogP contribution is -2.44. The molecule has 2 rings (SSSR count). The molecule has 2 fully saturated rings. The van der Waals surface area contributed by atoms with Gasteiger partial charge in [-0.2, -0.15) is 0 Å². The van der Waals surface area contributed by atoms with Crippen molar-refractivity contribution in [2.75, 3.05) is 52.9 Å². The predicted octanol–water partition coefficient (Wildman–Crippen LogP) is 6.22. The summed E-state index contributed by atoms with van der Waals surface area (Å²) in [4.78, 5) is 31.9. The third kappa shape index (κ3) is 13.4. The van der Waals surface area contributed by atoms with Gasteiger partial charge >= 0.3 is 5.97 Å². The summed E-state index contributed by atoms with van der Waals surface area (Å²) in [7, 11) is 2.16. The molecule has 2 saturated heterocycles. The molecule has 0 aromatic heterocycles. The molecule has 2 aliphatic heterocycles. The number of allylic oxidation sites excluding steroid dienone is 4. The topological polar surface area (TPSA) is 53.1 Å². The van der Waals surface area contributed by atoms with Crippen LogP contribution in [0.1, 0.15) is 104 Å². The van der Waals surface area contributed by atoms with Crippen molar-refractivity contribution >= 4 is 11.9 Å². The zero-order valence-electron chi connectivity index (χ0n) is 24.9. The summed E-state index contributed by atoms with van der Waals surface area (Å²) in [6, 6.07) is -0.0504. The molecule has 0 aliphatic carbocycles. The van der Waals surface area contributed by atoms with Crippen LogP contribution in [0, 0.1) is 5.92 Å². The van der Waals surface area contributed by atoms with E-state index in [0.717, 1.165) is 65.0 Å². The van der Waals surface area contributed by atoms with Gasteiger partial charge in [0.05, 0.1) is 12.5 Å². The molecule has 0 saturated carbocycles. The Morgan fingerprint density at radius 3 is 2.16 bits per heavy atom. The van der Waals surface area contributed by atoms with Crippen LogP contribution < -0.4 is 0 Å². The van der Waals surface area contributed by atoms with E-state index in [1.54, 1.807) is 0 Å². The maximum Gasteiger partial charge on any atom is 0.311 e. The maximum absolute atomic E-state index is 12.6. The molecule has 38 heavy (non-hydrogen) atoms. The molecular formula is C32H57N3O3. The number of carbonyl (C=O) groups is 2. The molecule has 0 N–H and O–H groups in total. The van der Waals surface area contributed by atoms with Gasteiger partial charge in [-0.15, -0.1) is 0 Å². The number of ether oxygens (including phenoxy) is 1. The number of hydrogen-bond donors (Lipinski definition) is 0. The molecule has 0 radical (unpaired) electrons. The predicted molar refractivity (Wildman–Crippen MR) is 158 cm³/mol. The van der Waals surface area contributed by atoms with Crippen molar-refractivity contribution in [2.45, 2.75) is 110 Å². The van der Waals surface area contributed by atoms with E-state index in [4.69, 9.17) is 4.74 Å². The molecule has 0 aromatic rings. The van der Waals surface area contributed by atoms with Crippen LogP contribution in [0.25, 0.3) is 0 Å². The van der Waals surface area contributed by atoms with Gasteiger partial charge in [0.25, 0.3) is 0 Å². The van der Waals surface area contributed by atoms with Gasteiger partial charge < -0.3 is 19.4 Å². The third-order valence-corrected chi connectivity index (χ3v) is 8.15. The lowest BCUT2D eigenvalue weighted by molar-refractivity contribution is -0.149. The van der Waals surface area contributed by atoms with Gasteiger partial charge in [-0.1, -0.05) is 69.8 Å². The van der Waals surface area contributed by atoms with E-state index in [0.29, 0.717) is 13.0 Å². The van der Waals surface area contributed by atoms with Crippen molar-refractivity contribution in [1.82, 2.24) is 14.7 Å². The van der Waals surface area contributed by atoms with Gasteiger partial charge in [-0.3, -0.25) is 9.59 Å². The van der Waals surface area contributed by atoms with Crippen molar-refractivity contribution in [1.29, 1.82) is 0 Å². The molecule has 0 spiro atoms. The van der Waals surface area contributed by atoms with Crippen LogP contribution in [-0.4, -0.2) is 85.5 Å². The molecule has 0 unspecified atom stereocenters. The fourth-order valence-corrected chi connectivity index (χ4v) is 5.44. The molecule has 0 aromatic carbocycles. The average Bonchev–Trinajstić information content (AvgIpc) is 3.20. The number of amides is 1. The van der Waals surface area contributed by atoms with Crippen LogP contribution in [0.15, 0.2) is 24.3 Å². The summed E-state index contributed by atoms with van der Waals surface area (Å²) in [6.45, 7) is 10.8. The van der Waals surface area contributed by atoms with Crippen LogP contribution in [0.5, 0.6) is 0 Å². The summed E-state index contributed by atoms with van der Waals surface area (Å²) in [5, 5.41) is 0. The van der Waals surface area contributed by atoms with Crippen molar-refractivity contribution in [3.8, 4) is 0 Å². The summed E-state index contributed by atoms with van der Waals surface area (Å²) in [5.41, 5.74) is 0. The summed E-state index contributed by atoms with van der Waals surface area (Å²) in [6.07, 6.45) is 25.0. The van der Waals surface area contributed by atoms with E-state index in [-0.39, 0.29) is 23.8 Å². The Morgan fingerprint density at radius 2 is 1.47 bits per heavy atom. The Balaban J connectivity index is 1.46. The molecule has 218 valence electrons. The highest BCUT2D eigenvalue weighted by Crippen LogP contribution is 2.27. The average molecular weight is 532 g/mol. The largest absolute Gasteiger partial charge is 0.465 e. The molecule has 6 nitrogen and oxygen atoms in total. The second kappa shape index (κ2) is 20.3. The summed E-state index contributed by atoms with van der Waals surface area (Å²) in [5.74, 6) is -0.390. The monoisotopic (exact) mass is 531 g/mol. The normalized spacial score (nSPS) is 21.3. The Morgan fingerprint density at radius 1 is 0.842 bits per heavy atom. The van der Waals surface area contributed by atoms with Gasteiger partial charge in [0, 0.05) is 51.7 Å². The van der Waals surface area contributed by atoms with Gasteiger partial charge in [0.2, 0.25) is 5.91 Å². The number of likely N-dealkylation sites (N-methyl/N-ethyl adjacent to an activating group) is 1. The van der Waals surface area contributed by atoms with E-state index < -0.39 is 0 Å². The Hall–Kier alpha value is -1.66. The number of piperazine rings is 1. The number of nitrogens with zero attached hydrogens (tertiary/aromatic N) is 3. The first-order valence-electron chi connectivity index (χ1n) is 15.7. The van der Waals surface area contributed by atoms with Gasteiger partial charge in [0.1, 0.15) is 0 Å². The van der Waals surface area contributed by atoms with Crippen molar-refractivity contribution in [3.63, 3.8) is 0 Å². The Kier molecular flexibility index (Phi) is 17.4. The second-order valence-electron chi connectivity index (χ2n) is 11.4. The van der Waals surface area contributed by atoms with E-state index in [2.05, 4.69) is 48.1 Å². The first-order chi connectivity index (χ1) is 18.5. The quantitative estimate of drug-likeness (QED) is 0.106. The minimum atomic E-state index is -0.310. The fraction of sp³-hybridized carbons (Fsp3) is 0.812. The first-order valence-corrected chi connectivity index (χ1v) is 15.7. The highest BCUT2D eigenvalue weighted by atomic mass is 16.5. The van der Waals surface area contributed by atoms with E-state index in [9.17, 15) is 9.59 Å². The molecule has 2 aliphatic rings. The third-order valence-electron chi connectivity index (χ3n) is 8.15. The molecule has 2 heterocycles. The van der Waals surface area contributed by atoms with Crippen LogP contribution >= 0.6 is 0 Å². The smallest absolute Gasteiger partial charge is 0.311 e. The van der Waals surface area contributed by atoms with Crippen LogP contribution in [-0.2, 0) is 14.3 Å². The first kappa shape index (κ1) is 32.6. The number of esters is 1. The second-order valence-corrected chi connectivity index (χ2v) is 11.4. The number of unbranched alkanes of at least 4 members (excludes halogenated alkanes) is 9. The van der Waals surface area contributed by atoms with Gasteiger partial charge in [0.15, 0.2) is 0 Å². The standard InChI is InChI=1S/C32H57N3O3/c1-4-5-6-7-8-9-10-11-12-13-14-15-16-17-18-19-22-35-29(2)30(28-31(35)36)32(37)38-27-20-21-34-25-23-33(3)24-26-34/h8-9,11-12,29-30H,4-7,10,13-28H2,1-3H3/b9-8-,12-11-/t29-,30+/m1/s1. The van der Waals surface area contributed by atoms with E-state index in [1.807, 2.05) is 11.8 Å². The highest BCUT2D eigenvalue weighted by Gasteiger charge is 2.41. The SMILES string of the molecule is CCCCC/C=C\C/C=C\CCCCCCCCN1C(=O)C[C@H](C(=O)OCCCN2CCN(C)CC2)[C@H]1C. The molecule has 6 heteroatoms. The number of rotatable bonds is 20. The van der Waals surface area contributed by atoms with Crippen LogP contribution in [0.2, 0.25) is 0 Å². The fourth-order valence-electron chi connectivity index (χ4n) is 5.44. The zero-order chi connectivity index (χ0) is 27.4. The highest BCUT2D eigenvalue weighted by molar-refractivity contribution is 5.87. The van der Waals surface area contributed by atoms with Crippen molar-refractivity contribution in [3.05, 3.63) is 24.3 Å². The molecule has 1 amide bonds. The number of likely N-dealkylation sites (tertiary alicyclic amines) is 1. The lowest BCUT2D eigenvalue weighted by Gasteiger charge is -2.32. The maximum atomic E-state index is 12.6. The zero-order valence-corrected chi connectivity index (χ0v) is 24.9.